The van der Waals surface area contributed by atoms with Crippen LogP contribution >= 0.6 is 0 Å². The second-order valence-electron chi connectivity index (χ2n) is 18.1. The van der Waals surface area contributed by atoms with E-state index in [0.29, 0.717) is 111 Å². The number of fused-ring (bicyclic) bond motifs is 6. The number of nitrogens with zero attached hydrogens (tertiary/aromatic N) is 7. The van der Waals surface area contributed by atoms with Gasteiger partial charge in [0.15, 0.2) is 34.6 Å². The summed E-state index contributed by atoms with van der Waals surface area (Å²) in [5.41, 5.74) is 6.97. The predicted molar refractivity (Wildman–Crippen MR) is 289 cm³/mol. The minimum Gasteiger partial charge on any atom is -0.308 e. The fraction of sp³-hybridized carbons (Fsp3) is 0. The highest BCUT2D eigenvalue weighted by Gasteiger charge is 2.30. The van der Waals surface area contributed by atoms with Crippen LogP contribution in [0.2, 0.25) is 0 Å². The van der Waals surface area contributed by atoms with E-state index in [-0.39, 0.29) is 16.9 Å². The van der Waals surface area contributed by atoms with E-state index in [1.807, 2.05) is 72.8 Å². The summed E-state index contributed by atoms with van der Waals surface area (Å²) < 4.78 is 82.0. The number of aromatic nitrogens is 2. The fourth-order valence-corrected chi connectivity index (χ4v) is 10.6. The van der Waals surface area contributed by atoms with Gasteiger partial charge in [-0.1, -0.05) is 109 Å². The van der Waals surface area contributed by atoms with E-state index in [1.54, 1.807) is 106 Å². The molecule has 0 aliphatic heterocycles. The summed E-state index contributed by atoms with van der Waals surface area (Å²) >= 11 is 0. The molecule has 12 rings (SSSR count). The molecular weight excluding hydrogens is 974 g/mol. The molecule has 12 aromatic rings. The van der Waals surface area contributed by atoms with Crippen molar-refractivity contribution in [1.29, 1.82) is 15.8 Å². The summed E-state index contributed by atoms with van der Waals surface area (Å²) in [5, 5.41) is 34.4. The Balaban J connectivity index is 1.23. The van der Waals surface area contributed by atoms with Gasteiger partial charge in [0.05, 0.1) is 75.4 Å². The third-order valence-electron chi connectivity index (χ3n) is 14.1. The number of nitriles is 3. The molecule has 0 atom stereocenters. The highest BCUT2D eigenvalue weighted by molar-refractivity contribution is 6.14. The minimum absolute atomic E-state index is 0.0144. The van der Waals surface area contributed by atoms with Gasteiger partial charge in [0, 0.05) is 21.5 Å². The van der Waals surface area contributed by atoms with Gasteiger partial charge in [0.1, 0.15) is 11.6 Å². The number of hydrogen-bond acceptors (Lipinski definition) is 3. The molecular formula is C65H30F5N7. The van der Waals surface area contributed by atoms with Crippen molar-refractivity contribution in [2.45, 2.75) is 0 Å². The third kappa shape index (κ3) is 7.35. The average Bonchev–Trinajstić information content (AvgIpc) is 4.01. The zero-order valence-corrected chi connectivity index (χ0v) is 39.8. The van der Waals surface area contributed by atoms with E-state index < -0.39 is 40.2 Å². The first kappa shape index (κ1) is 46.9. The van der Waals surface area contributed by atoms with Crippen molar-refractivity contribution >= 4 is 55.0 Å². The van der Waals surface area contributed by atoms with Crippen LogP contribution in [-0.2, 0) is 0 Å². The molecule has 2 heterocycles. The van der Waals surface area contributed by atoms with Crippen LogP contribution < -0.4 is 0 Å². The van der Waals surface area contributed by atoms with Gasteiger partial charge >= 0.3 is 0 Å². The normalized spacial score (nSPS) is 11.1. The van der Waals surface area contributed by atoms with Crippen LogP contribution in [0.15, 0.2) is 182 Å². The standard InChI is InChI=1S/C65H30F5N7/c1-74-52-17-9-7-15-45(52)38-21-25-56-49(29-38)47-27-36(43-13-5-3-11-40(43)33-71)19-23-54(47)76(56)58-31-42(60-61(66)63(68)65(70)64(69)62(60)67)32-59(51(58)35-73)77-55-24-20-37(44-14-6-4-12-41(44)34-72)28-48(55)50-30-39(22-26-57(50)77)46-16-8-10-18-53(46)75-2/h3-32H. The number of benzene rings is 10. The topological polar surface area (TPSA) is 89.9 Å². The molecule has 0 saturated carbocycles. The summed E-state index contributed by atoms with van der Waals surface area (Å²) in [7, 11) is 0. The molecule has 2 aromatic heterocycles. The minimum atomic E-state index is -2.34. The van der Waals surface area contributed by atoms with E-state index in [2.05, 4.69) is 27.9 Å². The molecule has 0 aliphatic rings. The number of para-hydroxylation sites is 2. The van der Waals surface area contributed by atoms with Gasteiger partial charge < -0.3 is 9.13 Å². The molecule has 360 valence electrons. The second kappa shape index (κ2) is 18.4. The van der Waals surface area contributed by atoms with Crippen molar-refractivity contribution in [3.05, 3.63) is 251 Å². The van der Waals surface area contributed by atoms with Crippen LogP contribution in [0.3, 0.4) is 0 Å². The maximum Gasteiger partial charge on any atom is 0.200 e. The highest BCUT2D eigenvalue weighted by Crippen LogP contribution is 2.46. The van der Waals surface area contributed by atoms with Crippen LogP contribution in [0, 0.1) is 76.2 Å². The van der Waals surface area contributed by atoms with Crippen molar-refractivity contribution in [2.75, 3.05) is 0 Å². The summed E-state index contributed by atoms with van der Waals surface area (Å²) in [4.78, 5) is 7.51. The molecule has 0 saturated heterocycles. The van der Waals surface area contributed by atoms with Crippen LogP contribution in [0.25, 0.3) is 120 Å². The zero-order chi connectivity index (χ0) is 53.2. The Kier molecular flexibility index (Phi) is 11.2. The lowest BCUT2D eigenvalue weighted by Gasteiger charge is -2.19. The monoisotopic (exact) mass is 1000 g/mol. The summed E-state index contributed by atoms with van der Waals surface area (Å²) in [6.45, 7) is 15.9. The third-order valence-corrected chi connectivity index (χ3v) is 14.1. The Morgan fingerprint density at radius 1 is 0.351 bits per heavy atom. The molecule has 10 aromatic carbocycles. The first-order valence-electron chi connectivity index (χ1n) is 23.8. The molecule has 0 N–H and O–H groups in total. The predicted octanol–water partition coefficient (Wildman–Crippen LogP) is 17.6. The van der Waals surface area contributed by atoms with Gasteiger partial charge in [-0.3, -0.25) is 0 Å². The van der Waals surface area contributed by atoms with E-state index in [9.17, 15) is 20.2 Å². The number of rotatable bonds is 7. The first-order chi connectivity index (χ1) is 37.6. The van der Waals surface area contributed by atoms with Gasteiger partial charge in [-0.2, -0.15) is 15.8 Å². The molecule has 0 unspecified atom stereocenters. The Morgan fingerprint density at radius 3 is 1.03 bits per heavy atom. The molecule has 0 spiro atoms. The van der Waals surface area contributed by atoms with Crippen molar-refractivity contribution in [3.63, 3.8) is 0 Å². The molecule has 0 aliphatic carbocycles. The first-order valence-corrected chi connectivity index (χ1v) is 23.8. The molecule has 0 fully saturated rings. The lowest BCUT2D eigenvalue weighted by Crippen LogP contribution is -2.08. The molecule has 0 bridgehead atoms. The van der Waals surface area contributed by atoms with Crippen molar-refractivity contribution in [3.8, 4) is 85.2 Å². The second-order valence-corrected chi connectivity index (χ2v) is 18.1. The fourth-order valence-electron chi connectivity index (χ4n) is 10.6. The Morgan fingerprint density at radius 2 is 0.675 bits per heavy atom. The van der Waals surface area contributed by atoms with E-state index in [0.717, 1.165) is 0 Å². The number of hydrogen-bond donors (Lipinski definition) is 0. The molecule has 12 heteroatoms. The summed E-state index contributed by atoms with van der Waals surface area (Å²) in [6.07, 6.45) is 0. The smallest absolute Gasteiger partial charge is 0.200 e. The van der Waals surface area contributed by atoms with Crippen molar-refractivity contribution in [1.82, 2.24) is 9.13 Å². The van der Waals surface area contributed by atoms with Gasteiger partial charge in [-0.05, 0) is 123 Å². The van der Waals surface area contributed by atoms with E-state index in [4.69, 9.17) is 13.1 Å². The van der Waals surface area contributed by atoms with Crippen LogP contribution in [0.5, 0.6) is 0 Å². The van der Waals surface area contributed by atoms with E-state index >= 15 is 17.6 Å². The number of halogens is 5. The van der Waals surface area contributed by atoms with Gasteiger partial charge in [0.25, 0.3) is 0 Å². The van der Waals surface area contributed by atoms with Gasteiger partial charge in [-0.25, -0.2) is 31.6 Å². The van der Waals surface area contributed by atoms with Crippen molar-refractivity contribution < 1.29 is 22.0 Å². The Hall–Kier alpha value is -11.1. The maximum atomic E-state index is 16.4. The van der Waals surface area contributed by atoms with Gasteiger partial charge in [0.2, 0.25) is 5.82 Å². The SMILES string of the molecule is [C-]#[N+]c1ccccc1-c1ccc2c(c1)c1cc(-c3ccccc3C#N)ccc1n2-c1cc(-c2c(F)c(F)c(F)c(F)c2F)cc(-n2c3ccc(-c4ccccc4C#N)cc3c3cc(-c4ccccc4[N+]#[C-])ccc32)c1C#N. The Bertz CT molecular complexity index is 4260. The van der Waals surface area contributed by atoms with Crippen LogP contribution in [-0.4, -0.2) is 9.13 Å². The molecule has 0 amide bonds. The molecule has 7 nitrogen and oxygen atoms in total. The molecule has 77 heavy (non-hydrogen) atoms. The lowest BCUT2D eigenvalue weighted by molar-refractivity contribution is 0.381. The lowest BCUT2D eigenvalue weighted by atomic mass is 9.97. The van der Waals surface area contributed by atoms with Crippen LogP contribution in [0.4, 0.5) is 33.3 Å². The average molecular weight is 1000 g/mol. The van der Waals surface area contributed by atoms with Crippen molar-refractivity contribution in [2.24, 2.45) is 0 Å². The largest absolute Gasteiger partial charge is 0.308 e. The summed E-state index contributed by atoms with van der Waals surface area (Å²) in [5.74, 6) is -10.8. The van der Waals surface area contributed by atoms with Crippen LogP contribution in [0.1, 0.15) is 16.7 Å². The quantitative estimate of drug-likeness (QED) is 0.0689. The van der Waals surface area contributed by atoms with E-state index in [1.165, 1.54) is 12.1 Å². The zero-order valence-electron chi connectivity index (χ0n) is 39.8. The van der Waals surface area contributed by atoms with Gasteiger partial charge in [-0.15, -0.1) is 0 Å². The highest BCUT2D eigenvalue weighted by atomic mass is 19.2. The summed E-state index contributed by atoms with van der Waals surface area (Å²) in [6, 6.07) is 59.5. The Labute approximate surface area is 435 Å². The maximum absolute atomic E-state index is 16.4. The molecule has 0 radical (unpaired) electrons.